The molecule has 0 bridgehead atoms. The van der Waals surface area contributed by atoms with Gasteiger partial charge in [-0.25, -0.2) is 0 Å². The molecule has 1 N–H and O–H groups in total. The molecule has 0 aromatic carbocycles. The first-order valence-electron chi connectivity index (χ1n) is 4.98. The number of hydrogen-bond donors (Lipinski definition) is 1. The van der Waals surface area contributed by atoms with E-state index in [2.05, 4.69) is 44.8 Å². The van der Waals surface area contributed by atoms with Crippen LogP contribution in [0.5, 0.6) is 0 Å². The van der Waals surface area contributed by atoms with Crippen molar-refractivity contribution >= 4 is 11.8 Å². The van der Waals surface area contributed by atoms with E-state index in [0.717, 1.165) is 12.5 Å². The molecule has 0 rings (SSSR count). The standard InChI is InChI=1S/C10H23NS/c1-5-11-10(4)6-7-12-8-9(2)3/h9-11H,5-8H2,1-4H3. The predicted molar refractivity (Wildman–Crippen MR) is 59.9 cm³/mol. The maximum absolute atomic E-state index is 3.42. The van der Waals surface area contributed by atoms with Crippen molar-refractivity contribution < 1.29 is 0 Å². The van der Waals surface area contributed by atoms with Crippen LogP contribution in [0.25, 0.3) is 0 Å². The molecule has 0 fully saturated rings. The molecule has 0 aliphatic carbocycles. The van der Waals surface area contributed by atoms with E-state index in [1.165, 1.54) is 17.9 Å². The van der Waals surface area contributed by atoms with E-state index in [-0.39, 0.29) is 0 Å². The number of hydrogen-bond acceptors (Lipinski definition) is 2. The van der Waals surface area contributed by atoms with Crippen molar-refractivity contribution in [2.75, 3.05) is 18.1 Å². The Bertz CT molecular complexity index is 93.8. The Morgan fingerprint density at radius 3 is 2.42 bits per heavy atom. The van der Waals surface area contributed by atoms with Crippen LogP contribution in [-0.4, -0.2) is 24.1 Å². The lowest BCUT2D eigenvalue weighted by molar-refractivity contribution is 0.556. The molecule has 12 heavy (non-hydrogen) atoms. The van der Waals surface area contributed by atoms with Crippen molar-refractivity contribution in [2.45, 2.75) is 40.2 Å². The van der Waals surface area contributed by atoms with Crippen molar-refractivity contribution in [1.82, 2.24) is 5.32 Å². The highest BCUT2D eigenvalue weighted by atomic mass is 32.2. The Labute approximate surface area is 81.7 Å². The van der Waals surface area contributed by atoms with Crippen LogP contribution >= 0.6 is 11.8 Å². The maximum Gasteiger partial charge on any atom is 0.00464 e. The second kappa shape index (κ2) is 7.93. The number of thioether (sulfide) groups is 1. The SMILES string of the molecule is CCNC(C)CCSCC(C)C. The summed E-state index contributed by atoms with van der Waals surface area (Å²) in [6.45, 7) is 10.1. The quantitative estimate of drug-likeness (QED) is 0.618. The van der Waals surface area contributed by atoms with Gasteiger partial charge >= 0.3 is 0 Å². The van der Waals surface area contributed by atoms with E-state index in [4.69, 9.17) is 0 Å². The molecule has 1 unspecified atom stereocenters. The number of nitrogens with one attached hydrogen (secondary N) is 1. The molecule has 0 radical (unpaired) electrons. The van der Waals surface area contributed by atoms with Crippen LogP contribution in [0.3, 0.4) is 0 Å². The molecular formula is C10H23NS. The van der Waals surface area contributed by atoms with E-state index in [0.29, 0.717) is 6.04 Å². The van der Waals surface area contributed by atoms with Gasteiger partial charge in [0.15, 0.2) is 0 Å². The summed E-state index contributed by atoms with van der Waals surface area (Å²) in [6, 6.07) is 0.690. The zero-order chi connectivity index (χ0) is 9.40. The summed E-state index contributed by atoms with van der Waals surface area (Å²) in [7, 11) is 0. The van der Waals surface area contributed by atoms with Crippen LogP contribution in [0.2, 0.25) is 0 Å². The van der Waals surface area contributed by atoms with Crippen LogP contribution in [0, 0.1) is 5.92 Å². The van der Waals surface area contributed by atoms with Gasteiger partial charge in [-0.05, 0) is 37.3 Å². The molecule has 0 aromatic rings. The molecule has 1 atom stereocenters. The molecule has 0 saturated heterocycles. The van der Waals surface area contributed by atoms with Crippen molar-refractivity contribution in [1.29, 1.82) is 0 Å². The zero-order valence-corrected chi connectivity index (χ0v) is 9.71. The fraction of sp³-hybridized carbons (Fsp3) is 1.00. The van der Waals surface area contributed by atoms with Crippen LogP contribution in [0.4, 0.5) is 0 Å². The second-order valence-corrected chi connectivity index (χ2v) is 4.87. The summed E-state index contributed by atoms with van der Waals surface area (Å²) in [5.41, 5.74) is 0. The molecule has 0 aromatic heterocycles. The largest absolute Gasteiger partial charge is 0.315 e. The number of rotatable bonds is 7. The summed E-state index contributed by atoms with van der Waals surface area (Å²) < 4.78 is 0. The smallest absolute Gasteiger partial charge is 0.00464 e. The Hall–Kier alpha value is 0.310. The minimum Gasteiger partial charge on any atom is -0.315 e. The average molecular weight is 189 g/mol. The topological polar surface area (TPSA) is 12.0 Å². The molecule has 2 heteroatoms. The fourth-order valence-electron chi connectivity index (χ4n) is 1.03. The minimum atomic E-state index is 0.690. The van der Waals surface area contributed by atoms with Gasteiger partial charge in [0.25, 0.3) is 0 Å². The third-order valence-electron chi connectivity index (χ3n) is 1.70. The van der Waals surface area contributed by atoms with Gasteiger partial charge in [0.1, 0.15) is 0 Å². The normalized spacial score (nSPS) is 13.8. The van der Waals surface area contributed by atoms with Crippen molar-refractivity contribution in [3.05, 3.63) is 0 Å². The van der Waals surface area contributed by atoms with Gasteiger partial charge < -0.3 is 5.32 Å². The van der Waals surface area contributed by atoms with Gasteiger partial charge in [0.05, 0.1) is 0 Å². The molecule has 0 spiro atoms. The highest BCUT2D eigenvalue weighted by Crippen LogP contribution is 2.09. The van der Waals surface area contributed by atoms with E-state index in [1.54, 1.807) is 0 Å². The summed E-state index contributed by atoms with van der Waals surface area (Å²) in [6.07, 6.45) is 1.30. The van der Waals surface area contributed by atoms with Gasteiger partial charge in [-0.2, -0.15) is 11.8 Å². The third-order valence-corrected chi connectivity index (χ3v) is 3.13. The second-order valence-electron chi connectivity index (χ2n) is 3.72. The summed E-state index contributed by atoms with van der Waals surface area (Å²) >= 11 is 2.08. The van der Waals surface area contributed by atoms with Gasteiger partial charge in [-0.1, -0.05) is 20.8 Å². The van der Waals surface area contributed by atoms with Crippen LogP contribution in [0.1, 0.15) is 34.1 Å². The summed E-state index contributed by atoms with van der Waals surface area (Å²) in [5, 5.41) is 3.42. The van der Waals surface area contributed by atoms with Gasteiger partial charge in [0.2, 0.25) is 0 Å². The van der Waals surface area contributed by atoms with Crippen molar-refractivity contribution in [3.8, 4) is 0 Å². The molecule has 0 aliphatic rings. The lowest BCUT2D eigenvalue weighted by Crippen LogP contribution is -2.25. The Balaban J connectivity index is 3.08. The molecular weight excluding hydrogens is 166 g/mol. The average Bonchev–Trinajstić information content (AvgIpc) is 1.98. The first-order chi connectivity index (χ1) is 5.66. The van der Waals surface area contributed by atoms with E-state index < -0.39 is 0 Å². The third kappa shape index (κ3) is 8.41. The summed E-state index contributed by atoms with van der Waals surface area (Å²) in [4.78, 5) is 0. The molecule has 74 valence electrons. The van der Waals surface area contributed by atoms with Crippen molar-refractivity contribution in [2.24, 2.45) is 5.92 Å². The monoisotopic (exact) mass is 189 g/mol. The summed E-state index contributed by atoms with van der Waals surface area (Å²) in [5.74, 6) is 3.44. The van der Waals surface area contributed by atoms with Gasteiger partial charge in [-0.3, -0.25) is 0 Å². The van der Waals surface area contributed by atoms with E-state index in [1.807, 2.05) is 0 Å². The Kier molecular flexibility index (Phi) is 8.14. The zero-order valence-electron chi connectivity index (χ0n) is 8.89. The minimum absolute atomic E-state index is 0.690. The lowest BCUT2D eigenvalue weighted by Gasteiger charge is -2.11. The molecule has 0 heterocycles. The van der Waals surface area contributed by atoms with Gasteiger partial charge in [-0.15, -0.1) is 0 Å². The Morgan fingerprint density at radius 2 is 1.92 bits per heavy atom. The van der Waals surface area contributed by atoms with Crippen molar-refractivity contribution in [3.63, 3.8) is 0 Å². The van der Waals surface area contributed by atoms with E-state index in [9.17, 15) is 0 Å². The highest BCUT2D eigenvalue weighted by Gasteiger charge is 1.99. The molecule has 1 nitrogen and oxygen atoms in total. The Morgan fingerprint density at radius 1 is 1.25 bits per heavy atom. The van der Waals surface area contributed by atoms with Crippen LogP contribution in [-0.2, 0) is 0 Å². The predicted octanol–water partition coefficient (Wildman–Crippen LogP) is 2.76. The molecule has 0 amide bonds. The van der Waals surface area contributed by atoms with Crippen LogP contribution < -0.4 is 5.32 Å². The molecule has 0 saturated carbocycles. The van der Waals surface area contributed by atoms with Gasteiger partial charge in [0, 0.05) is 6.04 Å². The maximum atomic E-state index is 3.42. The van der Waals surface area contributed by atoms with E-state index >= 15 is 0 Å². The van der Waals surface area contributed by atoms with Crippen LogP contribution in [0.15, 0.2) is 0 Å². The highest BCUT2D eigenvalue weighted by molar-refractivity contribution is 7.99. The lowest BCUT2D eigenvalue weighted by atomic mass is 10.2. The molecule has 0 aliphatic heterocycles. The first kappa shape index (κ1) is 12.3. The first-order valence-corrected chi connectivity index (χ1v) is 6.13. The fourth-order valence-corrected chi connectivity index (χ4v) is 2.19.